The molecular weight excluding hydrogens is 304 g/mol. The molecule has 6 heteroatoms. The van der Waals surface area contributed by atoms with Gasteiger partial charge in [0.15, 0.2) is 5.82 Å². The van der Waals surface area contributed by atoms with Gasteiger partial charge in [0.1, 0.15) is 0 Å². The van der Waals surface area contributed by atoms with Gasteiger partial charge in [0.2, 0.25) is 11.8 Å². The molecule has 0 radical (unpaired) electrons. The third-order valence-corrected chi connectivity index (χ3v) is 4.95. The van der Waals surface area contributed by atoms with Crippen molar-refractivity contribution >= 4 is 11.5 Å². The van der Waals surface area contributed by atoms with Crippen LogP contribution in [-0.4, -0.2) is 47.1 Å². The van der Waals surface area contributed by atoms with Crippen LogP contribution in [0.15, 0.2) is 10.6 Å². The van der Waals surface area contributed by atoms with Gasteiger partial charge >= 0.3 is 0 Å². The van der Waals surface area contributed by atoms with Gasteiger partial charge in [0.05, 0.1) is 0 Å². The summed E-state index contributed by atoms with van der Waals surface area (Å²) in [6.07, 6.45) is 11.3. The first-order valence-electron chi connectivity index (χ1n) is 9.20. The predicted molar refractivity (Wildman–Crippen MR) is 92.3 cm³/mol. The Morgan fingerprint density at radius 2 is 2.12 bits per heavy atom. The molecule has 1 amide bonds. The topological polar surface area (TPSA) is 71.3 Å². The Balaban J connectivity index is 1.45. The van der Waals surface area contributed by atoms with Gasteiger partial charge in [0, 0.05) is 32.0 Å². The second-order valence-corrected chi connectivity index (χ2v) is 7.01. The lowest BCUT2D eigenvalue weighted by atomic mass is 10.1. The lowest BCUT2D eigenvalue weighted by Gasteiger charge is -2.19. The Hall–Kier alpha value is -1.69. The van der Waals surface area contributed by atoms with Crippen molar-refractivity contribution in [1.29, 1.82) is 0 Å². The number of carbonyl (C=O) groups excluding carboxylic acids is 1. The average molecular weight is 332 g/mol. The first kappa shape index (κ1) is 17.1. The van der Waals surface area contributed by atoms with Gasteiger partial charge in [-0.15, -0.1) is 0 Å². The van der Waals surface area contributed by atoms with Gasteiger partial charge in [-0.3, -0.25) is 4.79 Å². The molecule has 0 aromatic carbocycles. The fourth-order valence-corrected chi connectivity index (χ4v) is 3.40. The fourth-order valence-electron chi connectivity index (χ4n) is 3.40. The molecule has 2 aliphatic rings. The Morgan fingerprint density at radius 3 is 2.83 bits per heavy atom. The van der Waals surface area contributed by atoms with E-state index in [1.165, 1.54) is 25.7 Å². The molecule has 1 aromatic rings. The number of nitrogens with zero attached hydrogens (tertiary/aromatic N) is 3. The first-order valence-corrected chi connectivity index (χ1v) is 9.20. The highest BCUT2D eigenvalue weighted by molar-refractivity contribution is 5.76. The molecule has 24 heavy (non-hydrogen) atoms. The molecule has 132 valence electrons. The summed E-state index contributed by atoms with van der Waals surface area (Å²) in [5, 5.41) is 7.22. The summed E-state index contributed by atoms with van der Waals surface area (Å²) in [6.45, 7) is 1.93. The number of carbonyl (C=O) groups is 1. The molecule has 0 atom stereocenters. The molecule has 3 rings (SSSR count). The zero-order chi connectivity index (χ0) is 16.8. The van der Waals surface area contributed by atoms with E-state index in [9.17, 15) is 4.79 Å². The minimum atomic E-state index is 0.0974. The molecule has 0 spiro atoms. The standard InChI is InChI=1S/C18H28N4O2/c1-22-12-10-14(11-13-22)18-20-17(24-21-18)9-8-16(23)19-15-6-4-2-3-5-7-15/h10,15H,2-9,11-13H2,1H3,(H,19,23). The maximum Gasteiger partial charge on any atom is 0.227 e. The minimum Gasteiger partial charge on any atom is -0.353 e. The van der Waals surface area contributed by atoms with E-state index in [2.05, 4.69) is 33.5 Å². The predicted octanol–water partition coefficient (Wildman–Crippen LogP) is 2.56. The molecule has 1 aliphatic heterocycles. The van der Waals surface area contributed by atoms with Crippen LogP contribution in [0.5, 0.6) is 0 Å². The van der Waals surface area contributed by atoms with Gasteiger partial charge in [-0.05, 0) is 31.9 Å². The maximum absolute atomic E-state index is 12.1. The van der Waals surface area contributed by atoms with Crippen molar-refractivity contribution in [3.8, 4) is 0 Å². The highest BCUT2D eigenvalue weighted by atomic mass is 16.5. The smallest absolute Gasteiger partial charge is 0.227 e. The van der Waals surface area contributed by atoms with Crippen LogP contribution in [0, 0.1) is 0 Å². The number of rotatable bonds is 5. The summed E-state index contributed by atoms with van der Waals surface area (Å²) in [6, 6.07) is 0.350. The molecule has 6 nitrogen and oxygen atoms in total. The Bertz CT molecular complexity index is 573. The highest BCUT2D eigenvalue weighted by Crippen LogP contribution is 2.20. The van der Waals surface area contributed by atoms with Crippen LogP contribution < -0.4 is 5.32 Å². The van der Waals surface area contributed by atoms with E-state index in [4.69, 9.17) is 4.52 Å². The van der Waals surface area contributed by atoms with E-state index in [-0.39, 0.29) is 5.91 Å². The maximum atomic E-state index is 12.1. The molecule has 0 saturated heterocycles. The average Bonchev–Trinajstić information content (AvgIpc) is 2.91. The van der Waals surface area contributed by atoms with Crippen molar-refractivity contribution in [2.75, 3.05) is 20.1 Å². The van der Waals surface area contributed by atoms with Crippen LogP contribution in [-0.2, 0) is 11.2 Å². The number of hydrogen-bond donors (Lipinski definition) is 1. The van der Waals surface area contributed by atoms with E-state index >= 15 is 0 Å². The van der Waals surface area contributed by atoms with Gasteiger partial charge in [-0.1, -0.05) is 36.9 Å². The van der Waals surface area contributed by atoms with E-state index in [0.717, 1.165) is 37.9 Å². The summed E-state index contributed by atoms with van der Waals surface area (Å²) in [5.74, 6) is 1.34. The third kappa shape index (κ3) is 4.90. The van der Waals surface area contributed by atoms with Crippen LogP contribution in [0.25, 0.3) is 5.57 Å². The SMILES string of the molecule is CN1CC=C(c2noc(CCC(=O)NC3CCCCCC3)n2)CC1. The number of hydrogen-bond acceptors (Lipinski definition) is 5. The summed E-state index contributed by atoms with van der Waals surface area (Å²) in [5.41, 5.74) is 1.14. The molecule has 1 aromatic heterocycles. The molecule has 0 unspecified atom stereocenters. The minimum absolute atomic E-state index is 0.0974. The van der Waals surface area contributed by atoms with Crippen molar-refractivity contribution in [2.45, 2.75) is 63.8 Å². The summed E-state index contributed by atoms with van der Waals surface area (Å²) < 4.78 is 5.31. The second-order valence-electron chi connectivity index (χ2n) is 7.01. The van der Waals surface area contributed by atoms with E-state index in [0.29, 0.717) is 30.6 Å². The fraction of sp³-hybridized carbons (Fsp3) is 0.722. The van der Waals surface area contributed by atoms with Crippen molar-refractivity contribution in [1.82, 2.24) is 20.4 Å². The first-order chi connectivity index (χ1) is 11.7. The second kappa shape index (κ2) is 8.42. The lowest BCUT2D eigenvalue weighted by molar-refractivity contribution is -0.121. The van der Waals surface area contributed by atoms with E-state index in [1.54, 1.807) is 0 Å². The number of aryl methyl sites for hydroxylation is 1. The highest BCUT2D eigenvalue weighted by Gasteiger charge is 2.17. The molecular formula is C18H28N4O2. The van der Waals surface area contributed by atoms with Crippen LogP contribution in [0.3, 0.4) is 0 Å². The lowest BCUT2D eigenvalue weighted by Crippen LogP contribution is -2.34. The molecule has 2 heterocycles. The number of nitrogens with one attached hydrogen (secondary N) is 1. The molecule has 1 fully saturated rings. The summed E-state index contributed by atoms with van der Waals surface area (Å²) in [4.78, 5) is 18.8. The Labute approximate surface area is 143 Å². The zero-order valence-electron chi connectivity index (χ0n) is 14.6. The summed E-state index contributed by atoms with van der Waals surface area (Å²) in [7, 11) is 2.10. The molecule has 1 N–H and O–H groups in total. The summed E-state index contributed by atoms with van der Waals surface area (Å²) >= 11 is 0. The largest absolute Gasteiger partial charge is 0.353 e. The van der Waals surface area contributed by atoms with Gasteiger partial charge in [-0.25, -0.2) is 0 Å². The molecule has 1 saturated carbocycles. The normalized spacial score (nSPS) is 20.5. The Kier molecular flexibility index (Phi) is 6.01. The molecule has 0 bridgehead atoms. The number of amides is 1. The molecule has 1 aliphatic carbocycles. The number of aromatic nitrogens is 2. The van der Waals surface area contributed by atoms with Crippen molar-refractivity contribution < 1.29 is 9.32 Å². The van der Waals surface area contributed by atoms with E-state index < -0.39 is 0 Å². The van der Waals surface area contributed by atoms with Gasteiger partial charge < -0.3 is 14.7 Å². The van der Waals surface area contributed by atoms with Gasteiger partial charge in [-0.2, -0.15) is 4.98 Å². The third-order valence-electron chi connectivity index (χ3n) is 4.95. The van der Waals surface area contributed by atoms with Crippen molar-refractivity contribution in [3.63, 3.8) is 0 Å². The van der Waals surface area contributed by atoms with Crippen LogP contribution >= 0.6 is 0 Å². The van der Waals surface area contributed by atoms with Crippen molar-refractivity contribution in [2.24, 2.45) is 0 Å². The van der Waals surface area contributed by atoms with Crippen molar-refractivity contribution in [3.05, 3.63) is 17.8 Å². The van der Waals surface area contributed by atoms with Crippen LogP contribution in [0.2, 0.25) is 0 Å². The van der Waals surface area contributed by atoms with E-state index in [1.807, 2.05) is 0 Å². The van der Waals surface area contributed by atoms with Crippen LogP contribution in [0.1, 0.15) is 63.1 Å². The van der Waals surface area contributed by atoms with Crippen LogP contribution in [0.4, 0.5) is 0 Å². The monoisotopic (exact) mass is 332 g/mol. The Morgan fingerprint density at radius 1 is 1.33 bits per heavy atom. The quantitative estimate of drug-likeness (QED) is 0.839. The number of likely N-dealkylation sites (N-methyl/N-ethyl adjacent to an activating group) is 1. The van der Waals surface area contributed by atoms with Gasteiger partial charge in [0.25, 0.3) is 0 Å². The zero-order valence-corrected chi connectivity index (χ0v) is 14.6.